The highest BCUT2D eigenvalue weighted by Gasteiger charge is 2.20. The van der Waals surface area contributed by atoms with Crippen molar-refractivity contribution < 1.29 is 0 Å². The number of hydrogen-bond donors (Lipinski definition) is 0. The normalized spacial score (nSPS) is 12.4. The Morgan fingerprint density at radius 2 is 1.82 bits per heavy atom. The molecule has 0 nitrogen and oxygen atoms in total. The molecule has 0 saturated heterocycles. The summed E-state index contributed by atoms with van der Waals surface area (Å²) in [4.78, 5) is 0. The molecule has 0 aliphatic heterocycles. The van der Waals surface area contributed by atoms with Gasteiger partial charge in [-0.05, 0) is 52.6 Å². The lowest BCUT2D eigenvalue weighted by Gasteiger charge is -2.07. The van der Waals surface area contributed by atoms with Gasteiger partial charge in [-0.25, -0.2) is 0 Å². The van der Waals surface area contributed by atoms with E-state index in [1.807, 2.05) is 0 Å². The van der Waals surface area contributed by atoms with Crippen LogP contribution in [-0.4, -0.2) is 0 Å². The zero-order chi connectivity index (χ0) is 11.8. The Hall–Kier alpha value is -1.56. The topological polar surface area (TPSA) is 0 Å². The van der Waals surface area contributed by atoms with Crippen molar-refractivity contribution in [1.82, 2.24) is 0 Å². The van der Waals surface area contributed by atoms with Gasteiger partial charge in [-0.1, -0.05) is 50.2 Å². The first kappa shape index (κ1) is 10.6. The van der Waals surface area contributed by atoms with Crippen LogP contribution in [0.4, 0.5) is 0 Å². The van der Waals surface area contributed by atoms with Crippen LogP contribution in [0.15, 0.2) is 36.4 Å². The van der Waals surface area contributed by atoms with Crippen molar-refractivity contribution in [1.29, 1.82) is 0 Å². The lowest BCUT2D eigenvalue weighted by atomic mass is 9.97. The van der Waals surface area contributed by atoms with Crippen LogP contribution in [0.1, 0.15) is 36.1 Å². The maximum atomic E-state index is 2.38. The molecule has 0 aromatic heterocycles. The molecule has 0 heterocycles. The maximum Gasteiger partial charge on any atom is -0.00132 e. The van der Waals surface area contributed by atoms with E-state index in [2.05, 4.69) is 50.2 Å². The van der Waals surface area contributed by atoms with Gasteiger partial charge < -0.3 is 0 Å². The Bertz CT molecular complexity index is 564. The van der Waals surface area contributed by atoms with Gasteiger partial charge in [0.1, 0.15) is 0 Å². The summed E-state index contributed by atoms with van der Waals surface area (Å²) in [7, 11) is 0. The molecule has 0 N–H and O–H groups in total. The molecular formula is C17H18. The van der Waals surface area contributed by atoms with E-state index in [-0.39, 0.29) is 0 Å². The first-order chi connectivity index (χ1) is 8.33. The van der Waals surface area contributed by atoms with E-state index in [0.29, 0.717) is 0 Å². The zero-order valence-corrected chi connectivity index (χ0v) is 10.6. The van der Waals surface area contributed by atoms with Crippen LogP contribution in [0, 0.1) is 0 Å². The van der Waals surface area contributed by atoms with Crippen LogP contribution in [-0.2, 0) is 19.3 Å². The third-order valence-corrected chi connectivity index (χ3v) is 3.85. The molecule has 86 valence electrons. The molecule has 0 atom stereocenters. The number of rotatable bonds is 2. The summed E-state index contributed by atoms with van der Waals surface area (Å²) < 4.78 is 0. The minimum absolute atomic E-state index is 1.12. The minimum Gasteiger partial charge on any atom is -0.0617 e. The molecule has 2 aromatic rings. The average molecular weight is 222 g/mol. The Balaban J connectivity index is 2.20. The molecule has 2 aromatic carbocycles. The third kappa shape index (κ3) is 1.59. The minimum atomic E-state index is 1.12. The maximum absolute atomic E-state index is 2.38. The van der Waals surface area contributed by atoms with Crippen molar-refractivity contribution in [3.8, 4) is 11.1 Å². The van der Waals surface area contributed by atoms with Gasteiger partial charge in [-0.3, -0.25) is 0 Å². The summed E-state index contributed by atoms with van der Waals surface area (Å²) in [6, 6.07) is 13.7. The molecule has 1 aliphatic carbocycles. The van der Waals surface area contributed by atoms with E-state index >= 15 is 0 Å². The summed E-state index contributed by atoms with van der Waals surface area (Å²) in [5.41, 5.74) is 8.94. The molecule has 3 rings (SSSR count). The van der Waals surface area contributed by atoms with E-state index in [1.54, 1.807) is 0 Å². The Morgan fingerprint density at radius 1 is 0.941 bits per heavy atom. The first-order valence-corrected chi connectivity index (χ1v) is 6.56. The standard InChI is InChI=1S/C17H18/c1-3-12-8-9-16-15(10-12)11-14-7-5-6-13(4-2)17(14)16/h5-10H,3-4,11H2,1-2H3. The fourth-order valence-corrected chi connectivity index (χ4v) is 2.90. The van der Waals surface area contributed by atoms with Crippen LogP contribution in [0.5, 0.6) is 0 Å². The van der Waals surface area contributed by atoms with Gasteiger partial charge in [0.2, 0.25) is 0 Å². The largest absolute Gasteiger partial charge is 0.0617 e. The van der Waals surface area contributed by atoms with E-state index < -0.39 is 0 Å². The van der Waals surface area contributed by atoms with Crippen LogP contribution < -0.4 is 0 Å². The van der Waals surface area contributed by atoms with Crippen molar-refractivity contribution in [3.63, 3.8) is 0 Å². The number of fused-ring (bicyclic) bond motifs is 3. The van der Waals surface area contributed by atoms with Gasteiger partial charge in [-0.15, -0.1) is 0 Å². The smallest absolute Gasteiger partial charge is 0.00132 e. The Labute approximate surface area is 103 Å². The highest BCUT2D eigenvalue weighted by Crippen LogP contribution is 2.39. The number of benzene rings is 2. The van der Waals surface area contributed by atoms with Crippen molar-refractivity contribution in [2.75, 3.05) is 0 Å². The average Bonchev–Trinajstić information content (AvgIpc) is 2.75. The number of hydrogen-bond acceptors (Lipinski definition) is 0. The van der Waals surface area contributed by atoms with Crippen molar-refractivity contribution in [2.24, 2.45) is 0 Å². The molecule has 0 radical (unpaired) electrons. The van der Waals surface area contributed by atoms with Crippen molar-refractivity contribution in [2.45, 2.75) is 33.1 Å². The van der Waals surface area contributed by atoms with E-state index in [9.17, 15) is 0 Å². The Morgan fingerprint density at radius 3 is 2.59 bits per heavy atom. The van der Waals surface area contributed by atoms with Gasteiger partial charge in [-0.2, -0.15) is 0 Å². The summed E-state index contributed by atoms with van der Waals surface area (Å²) in [5.74, 6) is 0. The molecule has 0 amide bonds. The highest BCUT2D eigenvalue weighted by molar-refractivity contribution is 5.79. The van der Waals surface area contributed by atoms with Crippen LogP contribution >= 0.6 is 0 Å². The molecule has 0 spiro atoms. The summed E-state index contributed by atoms with van der Waals surface area (Å²) >= 11 is 0. The van der Waals surface area contributed by atoms with E-state index in [1.165, 1.54) is 33.4 Å². The van der Waals surface area contributed by atoms with Gasteiger partial charge >= 0.3 is 0 Å². The monoisotopic (exact) mass is 222 g/mol. The second-order valence-corrected chi connectivity index (χ2v) is 4.83. The molecule has 0 bridgehead atoms. The zero-order valence-electron chi connectivity index (χ0n) is 10.6. The van der Waals surface area contributed by atoms with Gasteiger partial charge in [0.15, 0.2) is 0 Å². The predicted octanol–water partition coefficient (Wildman–Crippen LogP) is 4.38. The van der Waals surface area contributed by atoms with Crippen molar-refractivity contribution >= 4 is 0 Å². The van der Waals surface area contributed by atoms with Gasteiger partial charge in [0, 0.05) is 0 Å². The number of aryl methyl sites for hydroxylation is 2. The molecular weight excluding hydrogens is 204 g/mol. The lowest BCUT2D eigenvalue weighted by molar-refractivity contribution is 1.12. The fourth-order valence-electron chi connectivity index (χ4n) is 2.90. The molecule has 17 heavy (non-hydrogen) atoms. The van der Waals surface area contributed by atoms with Gasteiger partial charge in [0.25, 0.3) is 0 Å². The fraction of sp³-hybridized carbons (Fsp3) is 0.294. The highest BCUT2D eigenvalue weighted by atomic mass is 14.2. The van der Waals surface area contributed by atoms with Gasteiger partial charge in [0.05, 0.1) is 0 Å². The second-order valence-electron chi connectivity index (χ2n) is 4.83. The molecule has 0 fully saturated rings. The quantitative estimate of drug-likeness (QED) is 0.603. The van der Waals surface area contributed by atoms with Crippen molar-refractivity contribution in [3.05, 3.63) is 58.7 Å². The first-order valence-electron chi connectivity index (χ1n) is 6.56. The molecule has 0 saturated carbocycles. The molecule has 1 aliphatic rings. The Kier molecular flexibility index (Phi) is 2.51. The molecule has 0 heteroatoms. The van der Waals surface area contributed by atoms with Crippen LogP contribution in [0.2, 0.25) is 0 Å². The third-order valence-electron chi connectivity index (χ3n) is 3.85. The SMILES string of the molecule is CCc1ccc2c(c1)Cc1cccc(CC)c1-2. The predicted molar refractivity (Wildman–Crippen MR) is 73.4 cm³/mol. The van der Waals surface area contributed by atoms with E-state index in [0.717, 1.165) is 19.3 Å². The summed E-state index contributed by atoms with van der Waals surface area (Å²) in [5, 5.41) is 0. The van der Waals surface area contributed by atoms with E-state index in [4.69, 9.17) is 0 Å². The second kappa shape index (κ2) is 4.03. The molecule has 0 unspecified atom stereocenters. The summed E-state index contributed by atoms with van der Waals surface area (Å²) in [6.07, 6.45) is 3.37. The van der Waals surface area contributed by atoms with Crippen LogP contribution in [0.3, 0.4) is 0 Å². The summed E-state index contributed by atoms with van der Waals surface area (Å²) in [6.45, 7) is 4.47. The lowest BCUT2D eigenvalue weighted by Crippen LogP contribution is -1.87. The van der Waals surface area contributed by atoms with Crippen LogP contribution in [0.25, 0.3) is 11.1 Å².